The Morgan fingerprint density at radius 2 is 0.692 bits per heavy atom. The Labute approximate surface area is 166 Å². The van der Waals surface area contributed by atoms with Crippen LogP contribution in [0.25, 0.3) is 0 Å². The summed E-state index contributed by atoms with van der Waals surface area (Å²) < 4.78 is 15.9. The van der Waals surface area contributed by atoms with Crippen LogP contribution in [0.1, 0.15) is 0 Å². The molecule has 26 heavy (non-hydrogen) atoms. The minimum absolute atomic E-state index is 0. The van der Waals surface area contributed by atoms with Gasteiger partial charge in [0.1, 0.15) is 17.2 Å². The van der Waals surface area contributed by atoms with Crippen LogP contribution < -0.4 is 30.1 Å². The highest BCUT2D eigenvalue weighted by Gasteiger charge is 2.17. The van der Waals surface area contributed by atoms with E-state index in [2.05, 4.69) is 36.4 Å². The summed E-state index contributed by atoms with van der Waals surface area (Å²) in [6, 6.07) is 24.9. The molecular weight excluding hydrogens is 411 g/mol. The third-order valence-corrected chi connectivity index (χ3v) is 6.44. The molecule has 0 unspecified atom stereocenters. The molecule has 3 aromatic rings. The second kappa shape index (κ2) is 9.61. The number of hydrogen-bond donors (Lipinski definition) is 0. The molecule has 0 aliphatic rings. The molecule has 0 heterocycles. The van der Waals surface area contributed by atoms with E-state index in [0.29, 0.717) is 0 Å². The second-order valence-electron chi connectivity index (χ2n) is 5.43. The summed E-state index contributed by atoms with van der Waals surface area (Å²) in [5.41, 5.74) is 0. The summed E-state index contributed by atoms with van der Waals surface area (Å²) in [5, 5.41) is 3.81. The van der Waals surface area contributed by atoms with Gasteiger partial charge in [0, 0.05) is 0 Å². The molecule has 0 radical (unpaired) electrons. The molecule has 3 rings (SSSR count). The molecule has 0 aromatic heterocycles. The van der Waals surface area contributed by atoms with Crippen molar-refractivity contribution in [3.8, 4) is 17.2 Å². The highest BCUT2D eigenvalue weighted by molar-refractivity contribution is 8.93. The average Bonchev–Trinajstić information content (AvgIpc) is 2.70. The Balaban J connectivity index is 0.00000243. The zero-order valence-corrected chi connectivity index (χ0v) is 17.6. The van der Waals surface area contributed by atoms with Gasteiger partial charge in [-0.1, -0.05) is 36.4 Å². The molecule has 5 heteroatoms. The molecule has 0 aliphatic heterocycles. The van der Waals surface area contributed by atoms with Crippen molar-refractivity contribution in [2.75, 3.05) is 21.3 Å². The van der Waals surface area contributed by atoms with Crippen LogP contribution in [-0.4, -0.2) is 21.3 Å². The molecule has 0 saturated carbocycles. The molecule has 0 N–H and O–H groups in total. The standard InChI is InChI=1S/C21H21O3P.BrH/c1-22-16-4-10-19(11-5-16)25(20-12-6-17(23-2)7-13-20)21-14-8-18(24-3)9-15-21;/h4-15H,1-3H3;1H. The monoisotopic (exact) mass is 432 g/mol. The van der Waals surface area contributed by atoms with E-state index in [1.54, 1.807) is 21.3 Å². The van der Waals surface area contributed by atoms with Crippen LogP contribution >= 0.6 is 24.9 Å². The van der Waals surface area contributed by atoms with Gasteiger partial charge in [-0.15, -0.1) is 17.0 Å². The Hall–Kier alpha value is -2.03. The molecule has 0 atom stereocenters. The highest BCUT2D eigenvalue weighted by Crippen LogP contribution is 2.34. The number of halogens is 1. The summed E-state index contributed by atoms with van der Waals surface area (Å²) in [6.45, 7) is 0. The van der Waals surface area contributed by atoms with Crippen molar-refractivity contribution in [3.63, 3.8) is 0 Å². The number of methoxy groups -OCH3 is 3. The first-order valence-electron chi connectivity index (χ1n) is 7.97. The summed E-state index contributed by atoms with van der Waals surface area (Å²) in [7, 11) is 4.39. The Morgan fingerprint density at radius 3 is 0.885 bits per heavy atom. The van der Waals surface area contributed by atoms with E-state index in [-0.39, 0.29) is 17.0 Å². The molecule has 0 aliphatic carbocycles. The summed E-state index contributed by atoms with van der Waals surface area (Å²) in [4.78, 5) is 0. The quantitative estimate of drug-likeness (QED) is 0.550. The van der Waals surface area contributed by atoms with Gasteiger partial charge >= 0.3 is 0 Å². The van der Waals surface area contributed by atoms with Crippen molar-refractivity contribution in [1.29, 1.82) is 0 Å². The fourth-order valence-electron chi connectivity index (χ4n) is 2.64. The summed E-state index contributed by atoms with van der Waals surface area (Å²) >= 11 is 0. The van der Waals surface area contributed by atoms with Gasteiger partial charge in [-0.2, -0.15) is 0 Å². The van der Waals surface area contributed by atoms with Crippen LogP contribution in [0.15, 0.2) is 72.8 Å². The van der Waals surface area contributed by atoms with Crippen molar-refractivity contribution in [2.45, 2.75) is 0 Å². The number of ether oxygens (including phenoxy) is 3. The lowest BCUT2D eigenvalue weighted by Crippen LogP contribution is -2.20. The van der Waals surface area contributed by atoms with Crippen molar-refractivity contribution >= 4 is 40.8 Å². The average molecular weight is 433 g/mol. The first kappa shape index (κ1) is 20.3. The zero-order chi connectivity index (χ0) is 17.6. The fourth-order valence-corrected chi connectivity index (χ4v) is 4.88. The highest BCUT2D eigenvalue weighted by atomic mass is 79.9. The topological polar surface area (TPSA) is 27.7 Å². The SMILES string of the molecule is Br.COc1ccc(P(c2ccc(OC)cc2)c2ccc(OC)cc2)cc1. The summed E-state index contributed by atoms with van der Waals surface area (Å²) in [5.74, 6) is 2.59. The van der Waals surface area contributed by atoms with Gasteiger partial charge in [0.2, 0.25) is 0 Å². The van der Waals surface area contributed by atoms with Crippen LogP contribution in [0.2, 0.25) is 0 Å². The van der Waals surface area contributed by atoms with E-state index >= 15 is 0 Å². The molecule has 0 bridgehead atoms. The van der Waals surface area contributed by atoms with E-state index < -0.39 is 7.92 Å². The Morgan fingerprint density at radius 1 is 0.462 bits per heavy atom. The number of rotatable bonds is 6. The second-order valence-corrected chi connectivity index (χ2v) is 7.65. The zero-order valence-electron chi connectivity index (χ0n) is 15.0. The minimum atomic E-state index is -0.665. The first-order chi connectivity index (χ1) is 12.2. The molecule has 3 aromatic carbocycles. The van der Waals surface area contributed by atoms with Crippen LogP contribution in [0.4, 0.5) is 0 Å². The number of benzene rings is 3. The predicted octanol–water partition coefficient (Wildman–Crippen LogP) is 4.05. The Bertz CT molecular complexity index is 689. The lowest BCUT2D eigenvalue weighted by molar-refractivity contribution is 0.415. The largest absolute Gasteiger partial charge is 0.497 e. The maximum atomic E-state index is 5.30. The van der Waals surface area contributed by atoms with Gasteiger partial charge in [-0.05, 0) is 60.2 Å². The summed E-state index contributed by atoms with van der Waals surface area (Å²) in [6.07, 6.45) is 0. The molecule has 0 fully saturated rings. The normalized spacial score (nSPS) is 10.2. The van der Waals surface area contributed by atoms with Gasteiger partial charge < -0.3 is 14.2 Å². The van der Waals surface area contributed by atoms with Crippen molar-refractivity contribution in [1.82, 2.24) is 0 Å². The lowest BCUT2D eigenvalue weighted by atomic mass is 10.3. The van der Waals surface area contributed by atoms with E-state index in [1.165, 1.54) is 15.9 Å². The number of hydrogen-bond acceptors (Lipinski definition) is 3. The van der Waals surface area contributed by atoms with Gasteiger partial charge in [-0.25, -0.2) is 0 Å². The van der Waals surface area contributed by atoms with Crippen molar-refractivity contribution < 1.29 is 14.2 Å². The molecule has 136 valence electrons. The van der Waals surface area contributed by atoms with Crippen LogP contribution in [-0.2, 0) is 0 Å². The maximum Gasteiger partial charge on any atom is 0.118 e. The van der Waals surface area contributed by atoms with Gasteiger partial charge in [0.25, 0.3) is 0 Å². The predicted molar refractivity (Wildman–Crippen MR) is 115 cm³/mol. The lowest BCUT2D eigenvalue weighted by Gasteiger charge is -2.20. The van der Waals surface area contributed by atoms with E-state index in [1.807, 2.05) is 36.4 Å². The van der Waals surface area contributed by atoms with E-state index in [0.717, 1.165) is 17.2 Å². The first-order valence-corrected chi connectivity index (χ1v) is 9.31. The molecule has 0 spiro atoms. The third-order valence-electron chi connectivity index (χ3n) is 3.99. The van der Waals surface area contributed by atoms with Crippen molar-refractivity contribution in [2.24, 2.45) is 0 Å². The van der Waals surface area contributed by atoms with Crippen LogP contribution in [0.3, 0.4) is 0 Å². The molecule has 0 amide bonds. The van der Waals surface area contributed by atoms with Crippen LogP contribution in [0, 0.1) is 0 Å². The van der Waals surface area contributed by atoms with E-state index in [4.69, 9.17) is 14.2 Å². The third kappa shape index (κ3) is 4.57. The van der Waals surface area contributed by atoms with Gasteiger partial charge in [0.15, 0.2) is 0 Å². The fraction of sp³-hybridized carbons (Fsp3) is 0.143. The Kier molecular flexibility index (Phi) is 7.50. The molecule has 3 nitrogen and oxygen atoms in total. The van der Waals surface area contributed by atoms with Gasteiger partial charge in [-0.3, -0.25) is 0 Å². The van der Waals surface area contributed by atoms with Crippen LogP contribution in [0.5, 0.6) is 17.2 Å². The van der Waals surface area contributed by atoms with Gasteiger partial charge in [0.05, 0.1) is 21.3 Å². The van der Waals surface area contributed by atoms with E-state index in [9.17, 15) is 0 Å². The smallest absolute Gasteiger partial charge is 0.118 e. The molecular formula is C21H22BrO3P. The van der Waals surface area contributed by atoms with Crippen molar-refractivity contribution in [3.05, 3.63) is 72.8 Å². The maximum absolute atomic E-state index is 5.30. The minimum Gasteiger partial charge on any atom is -0.497 e. The molecule has 0 saturated heterocycles.